The van der Waals surface area contributed by atoms with Gasteiger partial charge in [0.1, 0.15) is 0 Å². The number of aromatic carboxylic acids is 1. The zero-order valence-electron chi connectivity index (χ0n) is 11.4. The summed E-state index contributed by atoms with van der Waals surface area (Å²) in [5.41, 5.74) is 0.0682. The normalized spacial score (nSPS) is 15.6. The highest BCUT2D eigenvalue weighted by molar-refractivity contribution is 5.95. The average molecular weight is 295 g/mol. The van der Waals surface area contributed by atoms with Gasteiger partial charge in [-0.15, -0.1) is 0 Å². The fourth-order valence-electron chi connectivity index (χ4n) is 2.15. The van der Waals surface area contributed by atoms with Crippen molar-refractivity contribution in [3.8, 4) is 0 Å². The Balaban J connectivity index is 1.98. The van der Waals surface area contributed by atoms with E-state index < -0.39 is 10.9 Å². The third-order valence-corrected chi connectivity index (χ3v) is 3.29. The van der Waals surface area contributed by atoms with Gasteiger partial charge in [-0.2, -0.15) is 0 Å². The molecular weight excluding hydrogens is 278 g/mol. The van der Waals surface area contributed by atoms with Crippen molar-refractivity contribution in [2.24, 2.45) is 0 Å². The molecule has 1 aliphatic rings. The first-order valence-electron chi connectivity index (χ1n) is 6.63. The Morgan fingerprint density at radius 3 is 2.76 bits per heavy atom. The van der Waals surface area contributed by atoms with Crippen molar-refractivity contribution in [3.63, 3.8) is 0 Å². The van der Waals surface area contributed by atoms with E-state index in [4.69, 9.17) is 9.84 Å². The molecule has 8 nitrogen and oxygen atoms in total. The Kier molecular flexibility index (Phi) is 5.07. The lowest BCUT2D eigenvalue weighted by molar-refractivity contribution is -0.384. The first kappa shape index (κ1) is 15.2. The lowest BCUT2D eigenvalue weighted by atomic mass is 10.1. The maximum Gasteiger partial charge on any atom is 0.338 e. The van der Waals surface area contributed by atoms with E-state index in [9.17, 15) is 14.9 Å². The number of nitro groups is 1. The maximum atomic E-state index is 11.2. The molecule has 114 valence electrons. The largest absolute Gasteiger partial charge is 0.478 e. The van der Waals surface area contributed by atoms with Crippen LogP contribution in [0.4, 0.5) is 11.4 Å². The highest BCUT2D eigenvalue weighted by Crippen LogP contribution is 2.22. The summed E-state index contributed by atoms with van der Waals surface area (Å²) in [6, 6.07) is 3.80. The number of non-ortho nitro benzene ring substituents is 1. The van der Waals surface area contributed by atoms with E-state index in [2.05, 4.69) is 10.2 Å². The number of hydrogen-bond acceptors (Lipinski definition) is 6. The summed E-state index contributed by atoms with van der Waals surface area (Å²) in [4.78, 5) is 23.5. The minimum Gasteiger partial charge on any atom is -0.478 e. The molecule has 1 aromatic rings. The number of nitro benzene ring substituents is 1. The number of carboxylic acid groups (broad SMARTS) is 1. The van der Waals surface area contributed by atoms with Crippen LogP contribution in [0.5, 0.6) is 0 Å². The van der Waals surface area contributed by atoms with E-state index >= 15 is 0 Å². The van der Waals surface area contributed by atoms with Crippen LogP contribution in [0.3, 0.4) is 0 Å². The summed E-state index contributed by atoms with van der Waals surface area (Å²) in [5, 5.41) is 22.8. The van der Waals surface area contributed by atoms with Crippen LogP contribution in [0.2, 0.25) is 0 Å². The van der Waals surface area contributed by atoms with Gasteiger partial charge in [-0.05, 0) is 6.07 Å². The Morgan fingerprint density at radius 2 is 2.14 bits per heavy atom. The number of carboxylic acids is 1. The summed E-state index contributed by atoms with van der Waals surface area (Å²) in [6.45, 7) is 4.45. The Bertz CT molecular complexity index is 529. The van der Waals surface area contributed by atoms with Crippen molar-refractivity contribution < 1.29 is 19.6 Å². The molecule has 0 amide bonds. The van der Waals surface area contributed by atoms with Crippen LogP contribution in [0.25, 0.3) is 0 Å². The van der Waals surface area contributed by atoms with E-state index in [1.807, 2.05) is 0 Å². The van der Waals surface area contributed by atoms with Crippen molar-refractivity contribution in [1.29, 1.82) is 0 Å². The molecule has 1 heterocycles. The molecule has 0 aliphatic carbocycles. The smallest absolute Gasteiger partial charge is 0.338 e. The summed E-state index contributed by atoms with van der Waals surface area (Å²) < 4.78 is 5.25. The van der Waals surface area contributed by atoms with Gasteiger partial charge in [-0.3, -0.25) is 15.0 Å². The molecule has 1 aliphatic heterocycles. The third kappa shape index (κ3) is 4.14. The fourth-order valence-corrected chi connectivity index (χ4v) is 2.15. The molecule has 8 heteroatoms. The quantitative estimate of drug-likeness (QED) is 0.596. The van der Waals surface area contributed by atoms with E-state index in [1.165, 1.54) is 12.1 Å². The van der Waals surface area contributed by atoms with E-state index in [0.29, 0.717) is 25.4 Å². The topological polar surface area (TPSA) is 105 Å². The van der Waals surface area contributed by atoms with Crippen LogP contribution >= 0.6 is 0 Å². The molecule has 2 rings (SSSR count). The van der Waals surface area contributed by atoms with Crippen LogP contribution in [-0.4, -0.2) is 60.3 Å². The molecular formula is C13H17N3O5. The van der Waals surface area contributed by atoms with Gasteiger partial charge in [0.25, 0.3) is 5.69 Å². The van der Waals surface area contributed by atoms with Gasteiger partial charge in [0.05, 0.1) is 23.7 Å². The number of benzene rings is 1. The number of hydrogen-bond donors (Lipinski definition) is 2. The molecule has 0 unspecified atom stereocenters. The molecule has 0 atom stereocenters. The molecule has 1 fully saturated rings. The first-order chi connectivity index (χ1) is 10.1. The number of nitrogens with zero attached hydrogens (tertiary/aromatic N) is 2. The minimum atomic E-state index is -1.19. The van der Waals surface area contributed by atoms with Crippen molar-refractivity contribution >= 4 is 17.3 Å². The summed E-state index contributed by atoms with van der Waals surface area (Å²) in [7, 11) is 0. The molecule has 0 saturated carbocycles. The van der Waals surface area contributed by atoms with Crippen LogP contribution < -0.4 is 5.32 Å². The summed E-state index contributed by atoms with van der Waals surface area (Å²) in [6.07, 6.45) is 0. The number of nitrogens with one attached hydrogen (secondary N) is 1. The monoisotopic (exact) mass is 295 g/mol. The Labute approximate surface area is 121 Å². The predicted molar refractivity (Wildman–Crippen MR) is 75.8 cm³/mol. The second-order valence-electron chi connectivity index (χ2n) is 4.67. The zero-order valence-corrected chi connectivity index (χ0v) is 11.4. The molecule has 1 aromatic carbocycles. The van der Waals surface area contributed by atoms with Gasteiger partial charge in [-0.1, -0.05) is 0 Å². The molecule has 1 saturated heterocycles. The number of morpholine rings is 1. The van der Waals surface area contributed by atoms with Crippen molar-refractivity contribution in [3.05, 3.63) is 33.9 Å². The van der Waals surface area contributed by atoms with Gasteiger partial charge in [0, 0.05) is 44.0 Å². The Hall–Kier alpha value is -2.19. The fraction of sp³-hybridized carbons (Fsp3) is 0.462. The Morgan fingerprint density at radius 1 is 1.43 bits per heavy atom. The standard InChI is InChI=1S/C13H17N3O5/c17-13(18)11-9-10(16(19)20)1-2-12(11)14-3-4-15-5-7-21-8-6-15/h1-2,9,14H,3-8H2,(H,17,18). The SMILES string of the molecule is O=C(O)c1cc([N+](=O)[O-])ccc1NCCN1CCOCC1. The highest BCUT2D eigenvalue weighted by atomic mass is 16.6. The molecule has 0 aromatic heterocycles. The van der Waals surface area contributed by atoms with Gasteiger partial charge in [-0.25, -0.2) is 4.79 Å². The van der Waals surface area contributed by atoms with Crippen LogP contribution in [0, 0.1) is 10.1 Å². The van der Waals surface area contributed by atoms with Gasteiger partial charge in [0.2, 0.25) is 0 Å². The van der Waals surface area contributed by atoms with Gasteiger partial charge >= 0.3 is 5.97 Å². The second-order valence-corrected chi connectivity index (χ2v) is 4.67. The summed E-state index contributed by atoms with van der Waals surface area (Å²) >= 11 is 0. The minimum absolute atomic E-state index is 0.0915. The van der Waals surface area contributed by atoms with Crippen LogP contribution in [0.15, 0.2) is 18.2 Å². The third-order valence-electron chi connectivity index (χ3n) is 3.29. The average Bonchev–Trinajstić information content (AvgIpc) is 2.48. The van der Waals surface area contributed by atoms with Crippen molar-refractivity contribution in [2.75, 3.05) is 44.7 Å². The summed E-state index contributed by atoms with van der Waals surface area (Å²) in [5.74, 6) is -1.19. The lowest BCUT2D eigenvalue weighted by Crippen LogP contribution is -2.39. The highest BCUT2D eigenvalue weighted by Gasteiger charge is 2.16. The zero-order chi connectivity index (χ0) is 15.2. The molecule has 2 N–H and O–H groups in total. The van der Waals surface area contributed by atoms with E-state index in [0.717, 1.165) is 25.7 Å². The second kappa shape index (κ2) is 7.00. The van der Waals surface area contributed by atoms with E-state index in [1.54, 1.807) is 0 Å². The molecule has 0 spiro atoms. The predicted octanol–water partition coefficient (Wildman–Crippen LogP) is 1.04. The van der Waals surface area contributed by atoms with Crippen LogP contribution in [-0.2, 0) is 4.74 Å². The molecule has 0 bridgehead atoms. The van der Waals surface area contributed by atoms with Gasteiger partial charge in [0.15, 0.2) is 0 Å². The molecule has 21 heavy (non-hydrogen) atoms. The van der Waals surface area contributed by atoms with Gasteiger partial charge < -0.3 is 15.2 Å². The lowest BCUT2D eigenvalue weighted by Gasteiger charge is -2.26. The maximum absolute atomic E-state index is 11.2. The number of carbonyl (C=O) groups is 1. The number of rotatable bonds is 6. The molecule has 0 radical (unpaired) electrons. The van der Waals surface area contributed by atoms with E-state index in [-0.39, 0.29) is 11.3 Å². The van der Waals surface area contributed by atoms with Crippen LogP contribution in [0.1, 0.15) is 10.4 Å². The van der Waals surface area contributed by atoms with Crippen molar-refractivity contribution in [2.45, 2.75) is 0 Å². The van der Waals surface area contributed by atoms with Crippen molar-refractivity contribution in [1.82, 2.24) is 4.90 Å². The number of ether oxygens (including phenoxy) is 1. The number of anilines is 1. The first-order valence-corrected chi connectivity index (χ1v) is 6.63.